The van der Waals surface area contributed by atoms with Gasteiger partial charge in [-0.05, 0) is 32.9 Å². The first-order valence-electron chi connectivity index (χ1n) is 6.61. The van der Waals surface area contributed by atoms with Gasteiger partial charge in [-0.3, -0.25) is 0 Å². The fraction of sp³-hybridized carbons (Fsp3) is 0.400. The summed E-state index contributed by atoms with van der Waals surface area (Å²) in [5.74, 6) is 0. The zero-order valence-corrected chi connectivity index (χ0v) is 13.4. The SMILES string of the molecule is Cc1nc(-c2ccc(Cl)cc2)sc1C(C)N[C@H](C)CO. The molecule has 1 aromatic heterocycles. The molecule has 1 aromatic carbocycles. The van der Waals surface area contributed by atoms with Crippen molar-refractivity contribution >= 4 is 22.9 Å². The number of nitrogens with zero attached hydrogens (tertiary/aromatic N) is 1. The van der Waals surface area contributed by atoms with E-state index in [2.05, 4.69) is 17.2 Å². The molecule has 0 aliphatic rings. The van der Waals surface area contributed by atoms with E-state index in [1.807, 2.05) is 38.1 Å². The monoisotopic (exact) mass is 310 g/mol. The summed E-state index contributed by atoms with van der Waals surface area (Å²) in [4.78, 5) is 5.84. The fourth-order valence-corrected chi connectivity index (χ4v) is 3.29. The molecule has 1 unspecified atom stereocenters. The van der Waals surface area contributed by atoms with Gasteiger partial charge in [0.15, 0.2) is 0 Å². The van der Waals surface area contributed by atoms with E-state index in [-0.39, 0.29) is 18.7 Å². The quantitative estimate of drug-likeness (QED) is 0.883. The molecule has 0 aliphatic carbocycles. The Balaban J connectivity index is 2.23. The van der Waals surface area contributed by atoms with E-state index in [1.54, 1.807) is 11.3 Å². The van der Waals surface area contributed by atoms with Gasteiger partial charge in [0.05, 0.1) is 12.3 Å². The molecule has 0 bridgehead atoms. The number of halogens is 1. The minimum Gasteiger partial charge on any atom is -0.395 e. The molecule has 1 heterocycles. The number of nitrogens with one attached hydrogen (secondary N) is 1. The number of benzene rings is 1. The lowest BCUT2D eigenvalue weighted by Crippen LogP contribution is -2.31. The van der Waals surface area contributed by atoms with E-state index in [0.29, 0.717) is 0 Å². The summed E-state index contributed by atoms with van der Waals surface area (Å²) in [7, 11) is 0. The molecule has 2 atom stereocenters. The molecular formula is C15H19ClN2OS. The van der Waals surface area contributed by atoms with Crippen molar-refractivity contribution in [1.29, 1.82) is 0 Å². The number of hydrogen-bond acceptors (Lipinski definition) is 4. The van der Waals surface area contributed by atoms with Crippen LogP contribution < -0.4 is 5.32 Å². The van der Waals surface area contributed by atoms with E-state index >= 15 is 0 Å². The summed E-state index contributed by atoms with van der Waals surface area (Å²) in [5, 5.41) is 14.2. The van der Waals surface area contributed by atoms with E-state index in [9.17, 15) is 0 Å². The second-order valence-corrected chi connectivity index (χ2v) is 6.41. The first-order chi connectivity index (χ1) is 9.51. The molecular weight excluding hydrogens is 292 g/mol. The van der Waals surface area contributed by atoms with Crippen LogP contribution in [-0.4, -0.2) is 22.7 Å². The van der Waals surface area contributed by atoms with Gasteiger partial charge >= 0.3 is 0 Å². The van der Waals surface area contributed by atoms with Crippen LogP contribution in [0.3, 0.4) is 0 Å². The predicted molar refractivity (Wildman–Crippen MR) is 85.4 cm³/mol. The van der Waals surface area contributed by atoms with Crippen molar-refractivity contribution in [3.8, 4) is 10.6 Å². The fourth-order valence-electron chi connectivity index (χ4n) is 2.08. The maximum absolute atomic E-state index is 9.12. The van der Waals surface area contributed by atoms with Gasteiger partial charge in [0.25, 0.3) is 0 Å². The van der Waals surface area contributed by atoms with Gasteiger partial charge in [0.2, 0.25) is 0 Å². The van der Waals surface area contributed by atoms with Crippen LogP contribution in [0.1, 0.15) is 30.5 Å². The first-order valence-corrected chi connectivity index (χ1v) is 7.81. The molecule has 3 nitrogen and oxygen atoms in total. The van der Waals surface area contributed by atoms with E-state index in [4.69, 9.17) is 16.7 Å². The van der Waals surface area contributed by atoms with Gasteiger partial charge in [0, 0.05) is 27.5 Å². The third-order valence-corrected chi connectivity index (χ3v) is 4.77. The molecule has 5 heteroatoms. The standard InChI is InChI=1S/C15H19ClN2OS/c1-9(8-19)17-10(2)14-11(3)18-15(20-14)12-4-6-13(16)7-5-12/h4-7,9-10,17,19H,8H2,1-3H3/t9-,10?/m1/s1. The van der Waals surface area contributed by atoms with Crippen LogP contribution in [0.5, 0.6) is 0 Å². The van der Waals surface area contributed by atoms with Crippen molar-refractivity contribution in [3.05, 3.63) is 39.9 Å². The van der Waals surface area contributed by atoms with Gasteiger partial charge < -0.3 is 10.4 Å². The minimum absolute atomic E-state index is 0.0745. The average molecular weight is 311 g/mol. The van der Waals surface area contributed by atoms with Gasteiger partial charge in [-0.2, -0.15) is 0 Å². The van der Waals surface area contributed by atoms with E-state index in [1.165, 1.54) is 4.88 Å². The molecule has 0 saturated heterocycles. The van der Waals surface area contributed by atoms with Crippen LogP contribution in [0.4, 0.5) is 0 Å². The maximum atomic E-state index is 9.12. The molecule has 2 aromatic rings. The number of aliphatic hydroxyl groups is 1. The third-order valence-electron chi connectivity index (χ3n) is 3.13. The van der Waals surface area contributed by atoms with Crippen molar-refractivity contribution < 1.29 is 5.11 Å². The molecule has 2 N–H and O–H groups in total. The summed E-state index contributed by atoms with van der Waals surface area (Å²) in [6, 6.07) is 7.98. The van der Waals surface area contributed by atoms with Crippen molar-refractivity contribution in [3.63, 3.8) is 0 Å². The van der Waals surface area contributed by atoms with E-state index < -0.39 is 0 Å². The Morgan fingerprint density at radius 3 is 2.55 bits per heavy atom. The molecule has 0 saturated carbocycles. The average Bonchev–Trinajstić information content (AvgIpc) is 2.81. The molecule has 0 aliphatic heterocycles. The Morgan fingerprint density at radius 1 is 1.30 bits per heavy atom. The molecule has 0 amide bonds. The Labute approximate surface area is 128 Å². The number of thiazole rings is 1. The molecule has 2 rings (SSSR count). The summed E-state index contributed by atoms with van der Waals surface area (Å²) < 4.78 is 0. The summed E-state index contributed by atoms with van der Waals surface area (Å²) in [5.41, 5.74) is 2.11. The van der Waals surface area contributed by atoms with Crippen LogP contribution in [0, 0.1) is 6.92 Å². The second-order valence-electron chi connectivity index (χ2n) is 4.95. The van der Waals surface area contributed by atoms with Crippen molar-refractivity contribution in [2.24, 2.45) is 0 Å². The predicted octanol–water partition coefficient (Wildman–Crippen LogP) is 3.80. The molecule has 108 valence electrons. The number of aryl methyl sites for hydroxylation is 1. The zero-order valence-electron chi connectivity index (χ0n) is 11.9. The topological polar surface area (TPSA) is 45.2 Å². The van der Waals surface area contributed by atoms with Gasteiger partial charge in [-0.1, -0.05) is 23.7 Å². The summed E-state index contributed by atoms with van der Waals surface area (Å²) >= 11 is 7.59. The maximum Gasteiger partial charge on any atom is 0.123 e. The van der Waals surface area contributed by atoms with E-state index in [0.717, 1.165) is 21.3 Å². The Bertz CT molecular complexity index is 568. The normalized spacial score (nSPS) is 14.2. The van der Waals surface area contributed by atoms with Crippen molar-refractivity contribution in [2.75, 3.05) is 6.61 Å². The van der Waals surface area contributed by atoms with Crippen molar-refractivity contribution in [2.45, 2.75) is 32.9 Å². The Hall–Kier alpha value is -0.940. The summed E-state index contributed by atoms with van der Waals surface area (Å²) in [6.07, 6.45) is 0. The number of hydrogen-bond donors (Lipinski definition) is 2. The first kappa shape index (κ1) is 15.4. The lowest BCUT2D eigenvalue weighted by molar-refractivity contribution is 0.243. The highest BCUT2D eigenvalue weighted by Crippen LogP contribution is 2.32. The highest BCUT2D eigenvalue weighted by atomic mass is 35.5. The highest BCUT2D eigenvalue weighted by molar-refractivity contribution is 7.15. The van der Waals surface area contributed by atoms with Crippen LogP contribution >= 0.6 is 22.9 Å². The highest BCUT2D eigenvalue weighted by Gasteiger charge is 2.16. The third kappa shape index (κ3) is 3.58. The minimum atomic E-state index is 0.0745. The van der Waals surface area contributed by atoms with Crippen LogP contribution in [0.2, 0.25) is 5.02 Å². The van der Waals surface area contributed by atoms with Crippen LogP contribution in [0.15, 0.2) is 24.3 Å². The van der Waals surface area contributed by atoms with Gasteiger partial charge in [0.1, 0.15) is 5.01 Å². The molecule has 20 heavy (non-hydrogen) atoms. The Kier molecular flexibility index (Phi) is 5.16. The van der Waals surface area contributed by atoms with Crippen LogP contribution in [0.25, 0.3) is 10.6 Å². The Morgan fingerprint density at radius 2 is 1.95 bits per heavy atom. The van der Waals surface area contributed by atoms with Crippen LogP contribution in [-0.2, 0) is 0 Å². The van der Waals surface area contributed by atoms with Gasteiger partial charge in [-0.15, -0.1) is 11.3 Å². The lowest BCUT2D eigenvalue weighted by atomic mass is 10.2. The largest absolute Gasteiger partial charge is 0.395 e. The smallest absolute Gasteiger partial charge is 0.123 e. The van der Waals surface area contributed by atoms with Gasteiger partial charge in [-0.25, -0.2) is 4.98 Å². The molecule has 0 spiro atoms. The second kappa shape index (κ2) is 6.68. The number of rotatable bonds is 5. The molecule has 0 radical (unpaired) electrons. The lowest BCUT2D eigenvalue weighted by Gasteiger charge is -2.17. The molecule has 0 fully saturated rings. The number of aliphatic hydroxyl groups excluding tert-OH is 1. The number of aromatic nitrogens is 1. The zero-order chi connectivity index (χ0) is 14.7. The van der Waals surface area contributed by atoms with Crippen molar-refractivity contribution in [1.82, 2.24) is 10.3 Å². The summed E-state index contributed by atoms with van der Waals surface area (Å²) in [6.45, 7) is 6.21.